The van der Waals surface area contributed by atoms with Crippen LogP contribution in [0.15, 0.2) is 24.3 Å². The van der Waals surface area contributed by atoms with E-state index in [1.165, 1.54) is 12.0 Å². The van der Waals surface area contributed by atoms with Gasteiger partial charge in [0.25, 0.3) is 0 Å². The Hall–Kier alpha value is -1.02. The van der Waals surface area contributed by atoms with Crippen molar-refractivity contribution in [3.63, 3.8) is 0 Å². The zero-order valence-electron chi connectivity index (χ0n) is 8.34. The second-order valence-corrected chi connectivity index (χ2v) is 3.03. The molecule has 0 radical (unpaired) electrons. The van der Waals surface area contributed by atoms with Gasteiger partial charge in [0.2, 0.25) is 0 Å². The van der Waals surface area contributed by atoms with Crippen molar-refractivity contribution in [2.75, 3.05) is 6.73 Å². The Balaban J connectivity index is 0.000000381. The summed E-state index contributed by atoms with van der Waals surface area (Å²) in [5.74, 6) is 1.02. The van der Waals surface area contributed by atoms with E-state index < -0.39 is 0 Å². The third kappa shape index (κ3) is 3.79. The van der Waals surface area contributed by atoms with Crippen LogP contribution in [0.3, 0.4) is 0 Å². The maximum atomic E-state index is 5.31. The highest BCUT2D eigenvalue weighted by molar-refractivity contribution is 5.33. The highest BCUT2D eigenvalue weighted by Crippen LogP contribution is 2.19. The molecule has 1 aromatic carbocycles. The number of para-hydroxylation sites is 1. The van der Waals surface area contributed by atoms with E-state index in [-0.39, 0.29) is 7.43 Å². The maximum absolute atomic E-state index is 5.31. The molecule has 0 aliphatic carbocycles. The maximum Gasteiger partial charge on any atom is 0.139 e. The molecule has 0 fully saturated rings. The van der Waals surface area contributed by atoms with Crippen LogP contribution in [0.25, 0.3) is 0 Å². The summed E-state index contributed by atoms with van der Waals surface area (Å²) >= 11 is 0. The standard InChI is InChI=1S/C8H9NO.C3H8.CH4/c1-2-4-8-7(3-1)5-9-6-10-8;1-3-2;/h1-4,9H,5-6H2;3H2,1-2H3;1H4. The molecule has 0 atom stereocenters. The Morgan fingerprint density at radius 3 is 2.57 bits per heavy atom. The monoisotopic (exact) mass is 195 g/mol. The molecule has 1 aliphatic heterocycles. The van der Waals surface area contributed by atoms with Crippen LogP contribution in [0.5, 0.6) is 5.75 Å². The van der Waals surface area contributed by atoms with Gasteiger partial charge in [-0.15, -0.1) is 0 Å². The lowest BCUT2D eigenvalue weighted by Gasteiger charge is -2.17. The van der Waals surface area contributed by atoms with E-state index >= 15 is 0 Å². The van der Waals surface area contributed by atoms with Crippen molar-refractivity contribution < 1.29 is 4.74 Å². The van der Waals surface area contributed by atoms with Crippen molar-refractivity contribution >= 4 is 0 Å². The van der Waals surface area contributed by atoms with Crippen LogP contribution >= 0.6 is 0 Å². The van der Waals surface area contributed by atoms with Crippen molar-refractivity contribution in [3.05, 3.63) is 29.8 Å². The molecule has 1 N–H and O–H groups in total. The first-order chi connectivity index (χ1) is 6.38. The van der Waals surface area contributed by atoms with Gasteiger partial charge >= 0.3 is 0 Å². The van der Waals surface area contributed by atoms with Crippen LogP contribution in [0.1, 0.15) is 33.3 Å². The summed E-state index contributed by atoms with van der Waals surface area (Å²) in [7, 11) is 0. The summed E-state index contributed by atoms with van der Waals surface area (Å²) in [5.41, 5.74) is 1.24. The van der Waals surface area contributed by atoms with Crippen LogP contribution in [0.4, 0.5) is 0 Å². The van der Waals surface area contributed by atoms with Gasteiger partial charge in [-0.05, 0) is 6.07 Å². The molecule has 14 heavy (non-hydrogen) atoms. The van der Waals surface area contributed by atoms with E-state index in [1.807, 2.05) is 18.2 Å². The van der Waals surface area contributed by atoms with Crippen LogP contribution in [-0.2, 0) is 6.54 Å². The molecular formula is C12H21NO. The highest BCUT2D eigenvalue weighted by Gasteiger charge is 2.05. The predicted molar refractivity (Wildman–Crippen MR) is 61.5 cm³/mol. The van der Waals surface area contributed by atoms with Crippen molar-refractivity contribution in [3.8, 4) is 5.75 Å². The molecule has 1 aliphatic rings. The summed E-state index contributed by atoms with van der Waals surface area (Å²) < 4.78 is 5.31. The van der Waals surface area contributed by atoms with Gasteiger partial charge in [-0.3, -0.25) is 5.32 Å². The minimum atomic E-state index is 0. The molecular weight excluding hydrogens is 174 g/mol. The first kappa shape index (κ1) is 13.0. The van der Waals surface area contributed by atoms with E-state index in [0.717, 1.165) is 12.3 Å². The molecule has 0 unspecified atom stereocenters. The van der Waals surface area contributed by atoms with Gasteiger partial charge in [0.05, 0.1) is 0 Å². The lowest BCUT2D eigenvalue weighted by molar-refractivity contribution is 0.257. The third-order valence-electron chi connectivity index (χ3n) is 1.62. The summed E-state index contributed by atoms with van der Waals surface area (Å²) in [5, 5.41) is 3.12. The van der Waals surface area contributed by atoms with Crippen LogP contribution in [0, 0.1) is 0 Å². The molecule has 1 aromatic rings. The van der Waals surface area contributed by atoms with Gasteiger partial charge < -0.3 is 4.74 Å². The average Bonchev–Trinajstić information content (AvgIpc) is 2.19. The van der Waals surface area contributed by atoms with E-state index in [9.17, 15) is 0 Å². The predicted octanol–water partition coefficient (Wildman–Crippen LogP) is 3.18. The van der Waals surface area contributed by atoms with Gasteiger partial charge in [-0.25, -0.2) is 0 Å². The molecule has 0 spiro atoms. The quantitative estimate of drug-likeness (QED) is 0.686. The number of nitrogens with one attached hydrogen (secondary N) is 1. The largest absolute Gasteiger partial charge is 0.478 e. The van der Waals surface area contributed by atoms with E-state index in [4.69, 9.17) is 4.74 Å². The fourth-order valence-corrected chi connectivity index (χ4v) is 1.11. The van der Waals surface area contributed by atoms with Crippen molar-refractivity contribution in [1.29, 1.82) is 0 Å². The summed E-state index contributed by atoms with van der Waals surface area (Å²) in [6.45, 7) is 5.81. The Kier molecular flexibility index (Phi) is 6.85. The van der Waals surface area contributed by atoms with Gasteiger partial charge in [0.15, 0.2) is 0 Å². The molecule has 80 valence electrons. The Labute approximate surface area is 87.3 Å². The molecule has 0 bridgehead atoms. The lowest BCUT2D eigenvalue weighted by Crippen LogP contribution is -2.24. The Morgan fingerprint density at radius 1 is 1.29 bits per heavy atom. The fraction of sp³-hybridized carbons (Fsp3) is 0.500. The molecule has 0 saturated heterocycles. The topological polar surface area (TPSA) is 21.3 Å². The number of benzene rings is 1. The van der Waals surface area contributed by atoms with Gasteiger partial charge in [0.1, 0.15) is 12.5 Å². The number of fused-ring (bicyclic) bond motifs is 1. The molecule has 0 saturated carbocycles. The van der Waals surface area contributed by atoms with Crippen LogP contribution in [0.2, 0.25) is 0 Å². The zero-order chi connectivity index (χ0) is 9.52. The van der Waals surface area contributed by atoms with Crippen molar-refractivity contribution in [1.82, 2.24) is 5.32 Å². The molecule has 0 aromatic heterocycles. The second kappa shape index (κ2) is 7.39. The highest BCUT2D eigenvalue weighted by atomic mass is 16.5. The normalized spacial score (nSPS) is 12.4. The smallest absolute Gasteiger partial charge is 0.139 e. The van der Waals surface area contributed by atoms with Crippen molar-refractivity contribution in [2.45, 2.75) is 34.2 Å². The number of ether oxygens (including phenoxy) is 1. The third-order valence-corrected chi connectivity index (χ3v) is 1.62. The summed E-state index contributed by atoms with van der Waals surface area (Å²) in [6.07, 6.45) is 1.25. The molecule has 2 heteroatoms. The molecule has 1 heterocycles. The van der Waals surface area contributed by atoms with E-state index in [1.54, 1.807) is 0 Å². The first-order valence-electron chi connectivity index (χ1n) is 4.80. The lowest BCUT2D eigenvalue weighted by atomic mass is 10.2. The van der Waals surface area contributed by atoms with Gasteiger partial charge in [0, 0.05) is 12.1 Å². The van der Waals surface area contributed by atoms with Crippen LogP contribution < -0.4 is 10.1 Å². The second-order valence-electron chi connectivity index (χ2n) is 3.03. The molecule has 2 nitrogen and oxygen atoms in total. The summed E-state index contributed by atoms with van der Waals surface area (Å²) in [6, 6.07) is 8.08. The number of rotatable bonds is 0. The SMILES string of the molecule is C.CCC.c1ccc2c(c1)CNCO2. The minimum Gasteiger partial charge on any atom is -0.478 e. The first-order valence-corrected chi connectivity index (χ1v) is 4.80. The number of hydrogen-bond donors (Lipinski definition) is 1. The minimum absolute atomic E-state index is 0. The van der Waals surface area contributed by atoms with Gasteiger partial charge in [-0.2, -0.15) is 0 Å². The number of hydrogen-bond acceptors (Lipinski definition) is 2. The Morgan fingerprint density at radius 2 is 1.93 bits per heavy atom. The van der Waals surface area contributed by atoms with Crippen molar-refractivity contribution in [2.24, 2.45) is 0 Å². The van der Waals surface area contributed by atoms with Gasteiger partial charge in [-0.1, -0.05) is 45.9 Å². The molecule has 2 rings (SSSR count). The Bertz CT molecular complexity index is 223. The summed E-state index contributed by atoms with van der Waals surface area (Å²) in [4.78, 5) is 0. The van der Waals surface area contributed by atoms with E-state index in [0.29, 0.717) is 6.73 Å². The van der Waals surface area contributed by atoms with Crippen LogP contribution in [-0.4, -0.2) is 6.73 Å². The average molecular weight is 195 g/mol. The fourth-order valence-electron chi connectivity index (χ4n) is 1.11. The zero-order valence-corrected chi connectivity index (χ0v) is 8.34. The molecule has 0 amide bonds. The van der Waals surface area contributed by atoms with E-state index in [2.05, 4.69) is 25.2 Å².